The summed E-state index contributed by atoms with van der Waals surface area (Å²) in [6.07, 6.45) is 2.33. The van der Waals surface area contributed by atoms with Gasteiger partial charge in [0.05, 0.1) is 17.0 Å². The molecule has 1 atom stereocenters. The van der Waals surface area contributed by atoms with Crippen molar-refractivity contribution in [2.45, 2.75) is 25.1 Å². The van der Waals surface area contributed by atoms with Crippen molar-refractivity contribution in [3.63, 3.8) is 0 Å². The van der Waals surface area contributed by atoms with E-state index in [1.54, 1.807) is 33.7 Å². The molecule has 3 rings (SSSR count). The fourth-order valence-corrected chi connectivity index (χ4v) is 3.98. The second kappa shape index (κ2) is 7.06. The summed E-state index contributed by atoms with van der Waals surface area (Å²) >= 11 is 0. The van der Waals surface area contributed by atoms with Crippen LogP contribution in [0.5, 0.6) is 0 Å². The molecule has 1 aliphatic heterocycles. The van der Waals surface area contributed by atoms with Gasteiger partial charge in [-0.3, -0.25) is 9.59 Å². The Kier molecular flexibility index (Phi) is 4.99. The standard InChI is InChI=1S/C17H21N3O5S/c1-26(24,25)11-15-18-13-6-2-3-7-14(13)20(15)10-16(21)19-8-4-5-12(9-19)17(22)23/h2-3,6-7,12H,4-5,8-11H2,1H3,(H,22,23)/t12-/m0/s1. The second-order valence-electron chi connectivity index (χ2n) is 6.69. The van der Waals surface area contributed by atoms with Gasteiger partial charge in [-0.1, -0.05) is 12.1 Å². The van der Waals surface area contributed by atoms with Crippen LogP contribution in [0.4, 0.5) is 0 Å². The lowest BCUT2D eigenvalue weighted by Gasteiger charge is -2.31. The highest BCUT2D eigenvalue weighted by Gasteiger charge is 2.29. The summed E-state index contributed by atoms with van der Waals surface area (Å²) in [6.45, 7) is 0.635. The van der Waals surface area contributed by atoms with Gasteiger partial charge in [0.15, 0.2) is 9.84 Å². The predicted molar refractivity (Wildman–Crippen MR) is 95.2 cm³/mol. The van der Waals surface area contributed by atoms with E-state index in [-0.39, 0.29) is 24.7 Å². The van der Waals surface area contributed by atoms with Crippen LogP contribution < -0.4 is 0 Å². The summed E-state index contributed by atoms with van der Waals surface area (Å²) in [5.74, 6) is -1.62. The number of aromatic nitrogens is 2. The van der Waals surface area contributed by atoms with Gasteiger partial charge in [0, 0.05) is 19.3 Å². The molecular formula is C17H21N3O5S. The molecule has 0 saturated carbocycles. The van der Waals surface area contributed by atoms with Gasteiger partial charge in [0.2, 0.25) is 5.91 Å². The van der Waals surface area contributed by atoms with Gasteiger partial charge in [-0.25, -0.2) is 13.4 Å². The van der Waals surface area contributed by atoms with Crippen LogP contribution in [-0.4, -0.2) is 59.2 Å². The number of carbonyl (C=O) groups is 2. The van der Waals surface area contributed by atoms with Crippen molar-refractivity contribution in [3.05, 3.63) is 30.1 Å². The number of para-hydroxylation sites is 2. The molecule has 1 aliphatic rings. The number of amides is 1. The normalized spacial score (nSPS) is 18.2. The molecule has 140 valence electrons. The topological polar surface area (TPSA) is 110 Å². The van der Waals surface area contributed by atoms with Gasteiger partial charge in [-0.15, -0.1) is 0 Å². The van der Waals surface area contributed by atoms with Gasteiger partial charge in [-0.05, 0) is 25.0 Å². The lowest BCUT2D eigenvalue weighted by atomic mass is 9.98. The summed E-state index contributed by atoms with van der Waals surface area (Å²) in [7, 11) is -3.31. The minimum absolute atomic E-state index is 0.0578. The Hall–Kier alpha value is -2.42. The Bertz CT molecular complexity index is 950. The number of piperidine rings is 1. The average Bonchev–Trinajstić information content (AvgIpc) is 2.90. The van der Waals surface area contributed by atoms with Crippen molar-refractivity contribution in [3.8, 4) is 0 Å². The number of hydrogen-bond donors (Lipinski definition) is 1. The van der Waals surface area contributed by atoms with Crippen LogP contribution in [0.25, 0.3) is 11.0 Å². The van der Waals surface area contributed by atoms with Crippen LogP contribution in [0.15, 0.2) is 24.3 Å². The van der Waals surface area contributed by atoms with Crippen LogP contribution in [0.3, 0.4) is 0 Å². The van der Waals surface area contributed by atoms with Gasteiger partial charge < -0.3 is 14.6 Å². The first-order chi connectivity index (χ1) is 12.2. The first-order valence-electron chi connectivity index (χ1n) is 8.37. The number of carbonyl (C=O) groups excluding carboxylic acids is 1. The SMILES string of the molecule is CS(=O)(=O)Cc1nc2ccccc2n1CC(=O)N1CCC[C@H](C(=O)O)C1. The Morgan fingerprint density at radius 1 is 1.31 bits per heavy atom. The number of nitrogens with zero attached hydrogens (tertiary/aromatic N) is 3. The van der Waals surface area contributed by atoms with E-state index in [0.29, 0.717) is 36.2 Å². The fraction of sp³-hybridized carbons (Fsp3) is 0.471. The van der Waals surface area contributed by atoms with Crippen molar-refractivity contribution < 1.29 is 23.1 Å². The van der Waals surface area contributed by atoms with Crippen LogP contribution in [0.1, 0.15) is 18.7 Å². The van der Waals surface area contributed by atoms with Crippen molar-refractivity contribution in [1.29, 1.82) is 0 Å². The third-order valence-corrected chi connectivity index (χ3v) is 5.32. The Morgan fingerprint density at radius 2 is 2.04 bits per heavy atom. The summed E-state index contributed by atoms with van der Waals surface area (Å²) < 4.78 is 25.1. The molecule has 0 aliphatic carbocycles. The molecule has 0 unspecified atom stereocenters. The van der Waals surface area contributed by atoms with Gasteiger partial charge in [0.25, 0.3) is 0 Å². The summed E-state index contributed by atoms with van der Waals surface area (Å²) in [6, 6.07) is 7.16. The van der Waals surface area contributed by atoms with E-state index in [0.717, 1.165) is 6.26 Å². The number of rotatable bonds is 5. The van der Waals surface area contributed by atoms with Crippen LogP contribution in [-0.2, 0) is 31.7 Å². The maximum atomic E-state index is 12.7. The van der Waals surface area contributed by atoms with Crippen molar-refractivity contribution >= 4 is 32.7 Å². The number of benzene rings is 1. The number of imidazole rings is 1. The predicted octanol–water partition coefficient (Wildman–Crippen LogP) is 0.904. The minimum Gasteiger partial charge on any atom is -0.481 e. The maximum Gasteiger partial charge on any atom is 0.308 e. The molecule has 0 bridgehead atoms. The Morgan fingerprint density at radius 3 is 2.73 bits per heavy atom. The molecule has 1 aromatic heterocycles. The van der Waals surface area contributed by atoms with E-state index in [1.807, 2.05) is 0 Å². The molecule has 1 aromatic carbocycles. The van der Waals surface area contributed by atoms with Gasteiger partial charge in [0.1, 0.15) is 18.1 Å². The lowest BCUT2D eigenvalue weighted by Crippen LogP contribution is -2.43. The van der Waals surface area contributed by atoms with E-state index in [2.05, 4.69) is 4.98 Å². The molecule has 1 fully saturated rings. The zero-order valence-corrected chi connectivity index (χ0v) is 15.3. The lowest BCUT2D eigenvalue weighted by molar-refractivity contribution is -0.145. The quantitative estimate of drug-likeness (QED) is 0.827. The summed E-state index contributed by atoms with van der Waals surface area (Å²) in [4.78, 5) is 29.8. The Labute approximate surface area is 151 Å². The fourth-order valence-electron chi connectivity index (χ4n) is 3.29. The van der Waals surface area contributed by atoms with Crippen LogP contribution in [0, 0.1) is 5.92 Å². The summed E-state index contributed by atoms with van der Waals surface area (Å²) in [5, 5.41) is 9.19. The molecule has 1 N–H and O–H groups in total. The average molecular weight is 379 g/mol. The second-order valence-corrected chi connectivity index (χ2v) is 8.83. The third-order valence-electron chi connectivity index (χ3n) is 4.54. The number of likely N-dealkylation sites (tertiary alicyclic amines) is 1. The first kappa shape index (κ1) is 18.4. The van der Waals surface area contributed by atoms with Crippen LogP contribution >= 0.6 is 0 Å². The van der Waals surface area contributed by atoms with Crippen LogP contribution in [0.2, 0.25) is 0 Å². The number of carboxylic acid groups (broad SMARTS) is 1. The molecule has 9 heteroatoms. The van der Waals surface area contributed by atoms with Crippen molar-refractivity contribution in [2.75, 3.05) is 19.3 Å². The maximum absolute atomic E-state index is 12.7. The molecule has 2 aromatic rings. The minimum atomic E-state index is -3.31. The van der Waals surface area contributed by atoms with E-state index >= 15 is 0 Å². The highest BCUT2D eigenvalue weighted by atomic mass is 32.2. The molecular weight excluding hydrogens is 358 g/mol. The largest absolute Gasteiger partial charge is 0.481 e. The van der Waals surface area contributed by atoms with E-state index in [9.17, 15) is 23.1 Å². The number of hydrogen-bond acceptors (Lipinski definition) is 5. The van der Waals surface area contributed by atoms with E-state index < -0.39 is 21.7 Å². The van der Waals surface area contributed by atoms with Crippen molar-refractivity contribution in [1.82, 2.24) is 14.5 Å². The number of fused-ring (bicyclic) bond motifs is 1. The number of aliphatic carboxylic acids is 1. The molecule has 2 heterocycles. The first-order valence-corrected chi connectivity index (χ1v) is 10.4. The highest BCUT2D eigenvalue weighted by molar-refractivity contribution is 7.89. The smallest absolute Gasteiger partial charge is 0.308 e. The molecule has 1 amide bonds. The number of carboxylic acids is 1. The molecule has 1 saturated heterocycles. The van der Waals surface area contributed by atoms with E-state index in [1.165, 1.54) is 0 Å². The highest BCUT2D eigenvalue weighted by Crippen LogP contribution is 2.20. The Balaban J connectivity index is 1.88. The van der Waals surface area contributed by atoms with Crippen molar-refractivity contribution in [2.24, 2.45) is 5.92 Å². The zero-order valence-electron chi connectivity index (χ0n) is 14.5. The zero-order chi connectivity index (χ0) is 18.9. The molecule has 0 spiro atoms. The summed E-state index contributed by atoms with van der Waals surface area (Å²) in [5.41, 5.74) is 1.31. The van der Waals surface area contributed by atoms with E-state index in [4.69, 9.17) is 0 Å². The van der Waals surface area contributed by atoms with Gasteiger partial charge in [-0.2, -0.15) is 0 Å². The van der Waals surface area contributed by atoms with Gasteiger partial charge >= 0.3 is 5.97 Å². The number of sulfone groups is 1. The monoisotopic (exact) mass is 379 g/mol. The third kappa shape index (κ3) is 4.04. The molecule has 0 radical (unpaired) electrons. The molecule has 8 nitrogen and oxygen atoms in total. The molecule has 26 heavy (non-hydrogen) atoms.